The fourth-order valence-electron chi connectivity index (χ4n) is 2.82. The van der Waals surface area contributed by atoms with E-state index in [0.717, 1.165) is 0 Å². The molecule has 0 aliphatic carbocycles. The van der Waals surface area contributed by atoms with E-state index < -0.39 is 73.9 Å². The molecule has 2 fully saturated rings. The molecule has 0 bridgehead atoms. The van der Waals surface area contributed by atoms with Gasteiger partial charge in [0.1, 0.15) is 43.2 Å². The largest absolute Gasteiger partial charge is 0.394 e. The summed E-state index contributed by atoms with van der Waals surface area (Å²) in [6.45, 7) is -2.73. The molecule has 0 aromatic carbocycles. The van der Waals surface area contributed by atoms with Gasteiger partial charge in [-0.1, -0.05) is 0 Å². The molecule has 148 valence electrons. The minimum atomic E-state index is -2.98. The topological polar surface area (TPSA) is 242 Å². The first-order valence-electron chi connectivity index (χ1n) is 7.40. The van der Waals surface area contributed by atoms with Crippen molar-refractivity contribution in [2.24, 2.45) is 11.5 Å². The number of hydrogen-bond acceptors (Lipinski definition) is 13. The third kappa shape index (κ3) is 3.06. The maximum Gasteiger partial charge on any atom is 0.275 e. The first-order valence-corrected chi connectivity index (χ1v) is 7.40. The lowest BCUT2D eigenvalue weighted by molar-refractivity contribution is -0.456. The van der Waals surface area contributed by atoms with Crippen LogP contribution in [0.3, 0.4) is 0 Å². The lowest BCUT2D eigenvalue weighted by Crippen LogP contribution is -2.82. The van der Waals surface area contributed by atoms with Crippen molar-refractivity contribution in [3.63, 3.8) is 0 Å². The van der Waals surface area contributed by atoms with Gasteiger partial charge in [-0.2, -0.15) is 0 Å². The van der Waals surface area contributed by atoms with Gasteiger partial charge < -0.3 is 50.3 Å². The summed E-state index contributed by atoms with van der Waals surface area (Å²) in [5, 5.41) is 77.8. The lowest BCUT2D eigenvalue weighted by atomic mass is 9.91. The van der Waals surface area contributed by atoms with Crippen molar-refractivity contribution >= 4 is 0 Å². The van der Waals surface area contributed by atoms with Crippen molar-refractivity contribution in [1.29, 1.82) is 0 Å². The molecule has 25 heavy (non-hydrogen) atoms. The van der Waals surface area contributed by atoms with Crippen LogP contribution in [0.25, 0.3) is 0 Å². The fraction of sp³-hybridized carbons (Fsp3) is 1.00. The molecule has 9 atom stereocenters. The van der Waals surface area contributed by atoms with Crippen molar-refractivity contribution in [1.82, 2.24) is 0 Å². The van der Waals surface area contributed by atoms with Gasteiger partial charge in [0.05, 0.1) is 13.2 Å². The van der Waals surface area contributed by atoms with Crippen LogP contribution >= 0.6 is 0 Å². The maximum atomic E-state index is 10.3. The molecule has 2 saturated heterocycles. The Kier molecular flexibility index (Phi) is 5.73. The van der Waals surface area contributed by atoms with Crippen molar-refractivity contribution in [3.8, 4) is 0 Å². The van der Waals surface area contributed by atoms with E-state index in [9.17, 15) is 35.7 Å². The summed E-state index contributed by atoms with van der Waals surface area (Å²) < 4.78 is 15.3. The highest BCUT2D eigenvalue weighted by Gasteiger charge is 2.67. The Morgan fingerprint density at radius 3 is 1.76 bits per heavy atom. The fourth-order valence-corrected chi connectivity index (χ4v) is 2.82. The summed E-state index contributed by atoms with van der Waals surface area (Å²) in [4.78, 5) is 0. The Morgan fingerprint density at radius 2 is 1.32 bits per heavy atom. The van der Waals surface area contributed by atoms with Crippen LogP contribution in [0.1, 0.15) is 0 Å². The summed E-state index contributed by atoms with van der Waals surface area (Å²) in [7, 11) is 0. The van der Waals surface area contributed by atoms with Crippen molar-refractivity contribution in [2.75, 3.05) is 19.8 Å². The molecule has 2 rings (SSSR count). The molecule has 0 saturated carbocycles. The molecular weight excluding hydrogens is 348 g/mol. The van der Waals surface area contributed by atoms with E-state index in [1.807, 2.05) is 0 Å². The van der Waals surface area contributed by atoms with Crippen LogP contribution in [-0.4, -0.2) is 115 Å². The standard InChI is InChI=1S/C12H24N2O11/c13-11(22)9(21)7(19)5(2-16)24-12(11,14)25-10(3-17)8(20)6(18)4(1-15)23-10/h4-9,15-22H,1-3,13-14H2/t4-,5-,6-,7-,8+,9+,10?,11-,12-/m1/s1. The second-order valence-corrected chi connectivity index (χ2v) is 6.11. The molecule has 2 aliphatic heterocycles. The first kappa shape index (κ1) is 20.8. The van der Waals surface area contributed by atoms with E-state index in [0.29, 0.717) is 0 Å². The van der Waals surface area contributed by atoms with E-state index in [4.69, 9.17) is 30.8 Å². The third-order valence-electron chi connectivity index (χ3n) is 4.45. The first-order chi connectivity index (χ1) is 11.5. The summed E-state index contributed by atoms with van der Waals surface area (Å²) >= 11 is 0. The zero-order valence-electron chi connectivity index (χ0n) is 13.0. The number of hydrogen-bond donors (Lipinski definition) is 10. The molecule has 1 unspecified atom stereocenters. The second-order valence-electron chi connectivity index (χ2n) is 6.11. The summed E-state index contributed by atoms with van der Waals surface area (Å²) in [5.41, 5.74) is 8.27. The highest BCUT2D eigenvalue weighted by molar-refractivity contribution is 5.05. The minimum absolute atomic E-state index is 0.755. The highest BCUT2D eigenvalue weighted by Crippen LogP contribution is 2.40. The van der Waals surface area contributed by atoms with Crippen molar-refractivity contribution < 1.29 is 55.1 Å². The molecule has 0 amide bonds. The Bertz CT molecular complexity index is 482. The van der Waals surface area contributed by atoms with E-state index in [1.165, 1.54) is 0 Å². The number of ether oxygens (including phenoxy) is 3. The minimum Gasteiger partial charge on any atom is -0.394 e. The van der Waals surface area contributed by atoms with Crippen molar-refractivity contribution in [3.05, 3.63) is 0 Å². The van der Waals surface area contributed by atoms with Gasteiger partial charge in [0, 0.05) is 0 Å². The zero-order chi connectivity index (χ0) is 19.2. The van der Waals surface area contributed by atoms with Crippen LogP contribution in [0.5, 0.6) is 0 Å². The van der Waals surface area contributed by atoms with Gasteiger partial charge in [-0.15, -0.1) is 0 Å². The molecule has 2 aliphatic rings. The summed E-state index contributed by atoms with van der Waals surface area (Å²) in [6.07, 6.45) is -10.6. The SMILES string of the molecule is N[C@@]1(OC2(CO)O[C@H](CO)[C@@H](O)[C@@H]2O)O[C@H](CO)[C@@H](O)[C@H](O)[C@@]1(N)O. The number of rotatable bonds is 5. The van der Waals surface area contributed by atoms with E-state index in [2.05, 4.69) is 0 Å². The smallest absolute Gasteiger partial charge is 0.275 e. The predicted octanol–water partition coefficient (Wildman–Crippen LogP) is -6.82. The maximum absolute atomic E-state index is 10.3. The van der Waals surface area contributed by atoms with Gasteiger partial charge >= 0.3 is 0 Å². The van der Waals surface area contributed by atoms with Gasteiger partial charge in [-0.05, 0) is 0 Å². The Morgan fingerprint density at radius 1 is 0.840 bits per heavy atom. The monoisotopic (exact) mass is 372 g/mol. The molecule has 0 aromatic heterocycles. The Labute approximate surface area is 141 Å². The van der Waals surface area contributed by atoms with Crippen molar-refractivity contribution in [2.45, 2.75) is 54.0 Å². The van der Waals surface area contributed by atoms with E-state index >= 15 is 0 Å². The van der Waals surface area contributed by atoms with Crippen LogP contribution in [0.15, 0.2) is 0 Å². The highest BCUT2D eigenvalue weighted by atomic mass is 16.8. The Balaban J connectivity index is 2.37. The third-order valence-corrected chi connectivity index (χ3v) is 4.45. The number of aliphatic hydroxyl groups excluding tert-OH is 7. The van der Waals surface area contributed by atoms with Gasteiger partial charge in [-0.3, -0.25) is 16.2 Å². The van der Waals surface area contributed by atoms with E-state index in [-0.39, 0.29) is 0 Å². The van der Waals surface area contributed by atoms with Gasteiger partial charge in [0.2, 0.25) is 11.5 Å². The molecule has 2 heterocycles. The normalized spacial score (nSPS) is 54.0. The molecule has 0 aromatic rings. The molecule has 13 heteroatoms. The lowest BCUT2D eigenvalue weighted by Gasteiger charge is -2.53. The van der Waals surface area contributed by atoms with Crippen LogP contribution in [-0.2, 0) is 14.2 Å². The number of aliphatic hydroxyl groups is 8. The molecule has 13 nitrogen and oxygen atoms in total. The summed E-state index contributed by atoms with van der Waals surface area (Å²) in [5.74, 6) is -5.39. The van der Waals surface area contributed by atoms with Gasteiger partial charge in [0.15, 0.2) is 0 Å². The quantitative estimate of drug-likeness (QED) is 0.202. The van der Waals surface area contributed by atoms with Gasteiger partial charge in [0.25, 0.3) is 5.91 Å². The molecule has 0 spiro atoms. The molecular formula is C12H24N2O11. The summed E-state index contributed by atoms with van der Waals surface area (Å²) in [6, 6.07) is 0. The van der Waals surface area contributed by atoms with E-state index in [1.54, 1.807) is 0 Å². The van der Waals surface area contributed by atoms with Gasteiger partial charge in [-0.25, -0.2) is 0 Å². The van der Waals surface area contributed by atoms with Crippen LogP contribution < -0.4 is 11.5 Å². The van der Waals surface area contributed by atoms with Crippen LogP contribution in [0.2, 0.25) is 0 Å². The zero-order valence-corrected chi connectivity index (χ0v) is 13.0. The molecule has 12 N–H and O–H groups in total. The average Bonchev–Trinajstić information content (AvgIpc) is 2.82. The van der Waals surface area contributed by atoms with Crippen LogP contribution in [0.4, 0.5) is 0 Å². The predicted molar refractivity (Wildman–Crippen MR) is 74.9 cm³/mol. The average molecular weight is 372 g/mol. The Hall–Kier alpha value is -0.520. The molecule has 0 radical (unpaired) electrons. The second kappa shape index (κ2) is 6.90. The van der Waals surface area contributed by atoms with Crippen LogP contribution in [0, 0.1) is 0 Å². The number of nitrogens with two attached hydrogens (primary N) is 2.